The molecule has 0 spiro atoms. The number of benzene rings is 2. The highest BCUT2D eigenvalue weighted by Gasteiger charge is 2.11. The molecule has 0 aliphatic heterocycles. The maximum atomic E-state index is 5.90. The molecule has 0 unspecified atom stereocenters. The molecule has 0 aliphatic rings. The van der Waals surface area contributed by atoms with Crippen molar-refractivity contribution in [3.05, 3.63) is 53.1 Å². The maximum Gasteiger partial charge on any atom is 0.174 e. The molecule has 96 valence electrons. The van der Waals surface area contributed by atoms with Crippen molar-refractivity contribution in [2.75, 3.05) is 6.54 Å². The molecule has 0 saturated carbocycles. The molecule has 3 rings (SSSR count). The standard InChI is InChI=1S/C15H13ClN2O/c16-12-4-2-11(3-5-12)15-13-9-10(7-8-17)1-6-14(13)18-19-15/h1-6,9H,7-8,17H2. The van der Waals surface area contributed by atoms with Gasteiger partial charge in [-0.15, -0.1) is 0 Å². The Hall–Kier alpha value is -1.84. The van der Waals surface area contributed by atoms with Crippen LogP contribution in [0.4, 0.5) is 0 Å². The third-order valence-corrected chi connectivity index (χ3v) is 3.33. The van der Waals surface area contributed by atoms with Crippen molar-refractivity contribution in [3.8, 4) is 11.3 Å². The van der Waals surface area contributed by atoms with Crippen LogP contribution >= 0.6 is 11.6 Å². The van der Waals surface area contributed by atoms with Crippen molar-refractivity contribution in [1.29, 1.82) is 0 Å². The zero-order valence-corrected chi connectivity index (χ0v) is 11.0. The van der Waals surface area contributed by atoms with Gasteiger partial charge in [0.15, 0.2) is 5.76 Å². The van der Waals surface area contributed by atoms with E-state index >= 15 is 0 Å². The van der Waals surface area contributed by atoms with Gasteiger partial charge in [0, 0.05) is 16.0 Å². The highest BCUT2D eigenvalue weighted by atomic mass is 35.5. The van der Waals surface area contributed by atoms with E-state index in [2.05, 4.69) is 11.2 Å². The normalized spacial score (nSPS) is 11.1. The molecule has 0 aliphatic carbocycles. The number of hydrogen-bond acceptors (Lipinski definition) is 3. The molecule has 2 aromatic carbocycles. The van der Waals surface area contributed by atoms with E-state index in [1.165, 1.54) is 5.56 Å². The van der Waals surface area contributed by atoms with Gasteiger partial charge in [-0.05, 0) is 54.9 Å². The number of fused-ring (bicyclic) bond motifs is 1. The van der Waals surface area contributed by atoms with Gasteiger partial charge in [0.25, 0.3) is 0 Å². The lowest BCUT2D eigenvalue weighted by Gasteiger charge is -2.00. The molecule has 19 heavy (non-hydrogen) atoms. The predicted molar refractivity (Wildman–Crippen MR) is 77.2 cm³/mol. The summed E-state index contributed by atoms with van der Waals surface area (Å²) in [4.78, 5) is 0. The second-order valence-corrected chi connectivity index (χ2v) is 4.85. The van der Waals surface area contributed by atoms with Crippen molar-refractivity contribution in [3.63, 3.8) is 0 Å². The first-order chi connectivity index (χ1) is 9.28. The molecule has 2 N–H and O–H groups in total. The highest BCUT2D eigenvalue weighted by molar-refractivity contribution is 6.30. The molecule has 3 nitrogen and oxygen atoms in total. The Kier molecular flexibility index (Phi) is 3.23. The Morgan fingerprint density at radius 3 is 2.63 bits per heavy atom. The molecule has 1 heterocycles. The van der Waals surface area contributed by atoms with Crippen LogP contribution in [0.5, 0.6) is 0 Å². The topological polar surface area (TPSA) is 52.0 Å². The molecule has 0 bridgehead atoms. The average molecular weight is 273 g/mol. The van der Waals surface area contributed by atoms with Crippen LogP contribution in [0, 0.1) is 0 Å². The number of nitrogens with two attached hydrogens (primary N) is 1. The summed E-state index contributed by atoms with van der Waals surface area (Å²) in [7, 11) is 0. The van der Waals surface area contributed by atoms with Crippen molar-refractivity contribution >= 4 is 22.5 Å². The van der Waals surface area contributed by atoms with Gasteiger partial charge in [0.05, 0.1) is 0 Å². The van der Waals surface area contributed by atoms with Gasteiger partial charge in [-0.25, -0.2) is 0 Å². The van der Waals surface area contributed by atoms with Crippen molar-refractivity contribution in [2.24, 2.45) is 5.73 Å². The van der Waals surface area contributed by atoms with Crippen LogP contribution in [0.2, 0.25) is 5.02 Å². The summed E-state index contributed by atoms with van der Waals surface area (Å²) in [6.07, 6.45) is 0.848. The Labute approximate surface area is 116 Å². The fraction of sp³-hybridized carbons (Fsp3) is 0.133. The van der Waals surface area contributed by atoms with Gasteiger partial charge in [-0.1, -0.05) is 22.8 Å². The summed E-state index contributed by atoms with van der Waals surface area (Å²) in [5.41, 5.74) is 8.60. The summed E-state index contributed by atoms with van der Waals surface area (Å²) in [5.74, 6) is 0.769. The minimum absolute atomic E-state index is 0.632. The Balaban J connectivity index is 2.12. The quantitative estimate of drug-likeness (QED) is 0.792. The SMILES string of the molecule is NCCc1ccc2noc(-c3ccc(Cl)cc3)c2c1. The van der Waals surface area contributed by atoms with Crippen molar-refractivity contribution in [2.45, 2.75) is 6.42 Å². The van der Waals surface area contributed by atoms with Gasteiger partial charge in [0.1, 0.15) is 5.52 Å². The lowest BCUT2D eigenvalue weighted by molar-refractivity contribution is 0.441. The molecular weight excluding hydrogens is 260 g/mol. The van der Waals surface area contributed by atoms with Crippen LogP contribution in [0.25, 0.3) is 22.2 Å². The number of rotatable bonds is 3. The zero-order valence-electron chi connectivity index (χ0n) is 10.3. The van der Waals surface area contributed by atoms with Crippen molar-refractivity contribution < 1.29 is 4.52 Å². The smallest absolute Gasteiger partial charge is 0.174 e. The summed E-state index contributed by atoms with van der Waals surface area (Å²) >= 11 is 5.90. The van der Waals surface area contributed by atoms with Gasteiger partial charge in [-0.3, -0.25) is 0 Å². The monoisotopic (exact) mass is 272 g/mol. The predicted octanol–water partition coefficient (Wildman–Crippen LogP) is 3.65. The summed E-state index contributed by atoms with van der Waals surface area (Å²) in [5, 5.41) is 5.79. The van der Waals surface area contributed by atoms with Crippen molar-refractivity contribution in [1.82, 2.24) is 5.16 Å². The van der Waals surface area contributed by atoms with E-state index < -0.39 is 0 Å². The summed E-state index contributed by atoms with van der Waals surface area (Å²) in [6.45, 7) is 0.632. The Bertz CT molecular complexity index is 704. The highest BCUT2D eigenvalue weighted by Crippen LogP contribution is 2.30. The molecule has 0 radical (unpaired) electrons. The van der Waals surface area contributed by atoms with Gasteiger partial charge >= 0.3 is 0 Å². The molecule has 0 fully saturated rings. The minimum atomic E-state index is 0.632. The average Bonchev–Trinajstić information content (AvgIpc) is 2.83. The molecule has 0 atom stereocenters. The van der Waals surface area contributed by atoms with E-state index in [9.17, 15) is 0 Å². The first-order valence-electron chi connectivity index (χ1n) is 6.12. The lowest BCUT2D eigenvalue weighted by Crippen LogP contribution is -2.02. The Morgan fingerprint density at radius 2 is 1.89 bits per heavy atom. The first kappa shape index (κ1) is 12.2. The van der Waals surface area contributed by atoms with Gasteiger partial charge in [0.2, 0.25) is 0 Å². The third-order valence-electron chi connectivity index (χ3n) is 3.08. The van der Waals surface area contributed by atoms with E-state index in [-0.39, 0.29) is 0 Å². The molecule has 3 aromatic rings. The number of halogens is 1. The fourth-order valence-electron chi connectivity index (χ4n) is 2.12. The van der Waals surface area contributed by atoms with E-state index in [0.717, 1.165) is 28.6 Å². The molecule has 0 saturated heterocycles. The van der Waals surface area contributed by atoms with Crippen LogP contribution in [0.15, 0.2) is 47.0 Å². The second-order valence-electron chi connectivity index (χ2n) is 4.41. The summed E-state index contributed by atoms with van der Waals surface area (Å²) < 4.78 is 5.45. The van der Waals surface area contributed by atoms with Crippen LogP contribution in [-0.2, 0) is 6.42 Å². The largest absolute Gasteiger partial charge is 0.355 e. The molecule has 0 amide bonds. The van der Waals surface area contributed by atoms with Crippen LogP contribution < -0.4 is 5.73 Å². The van der Waals surface area contributed by atoms with Crippen LogP contribution in [-0.4, -0.2) is 11.7 Å². The van der Waals surface area contributed by atoms with Gasteiger partial charge < -0.3 is 10.3 Å². The van der Waals surface area contributed by atoms with E-state index in [1.54, 1.807) is 0 Å². The molecular formula is C15H13ClN2O. The van der Waals surface area contributed by atoms with Crippen LogP contribution in [0.1, 0.15) is 5.56 Å². The van der Waals surface area contributed by atoms with Crippen LogP contribution in [0.3, 0.4) is 0 Å². The summed E-state index contributed by atoms with van der Waals surface area (Å²) in [6, 6.07) is 13.6. The molecule has 4 heteroatoms. The van der Waals surface area contributed by atoms with Gasteiger partial charge in [-0.2, -0.15) is 0 Å². The first-order valence-corrected chi connectivity index (χ1v) is 6.50. The third kappa shape index (κ3) is 2.35. The Morgan fingerprint density at radius 1 is 1.11 bits per heavy atom. The lowest BCUT2D eigenvalue weighted by atomic mass is 10.0. The zero-order chi connectivity index (χ0) is 13.2. The minimum Gasteiger partial charge on any atom is -0.355 e. The number of aromatic nitrogens is 1. The number of nitrogens with zero attached hydrogens (tertiary/aromatic N) is 1. The van der Waals surface area contributed by atoms with E-state index in [0.29, 0.717) is 11.6 Å². The van der Waals surface area contributed by atoms with E-state index in [1.807, 2.05) is 36.4 Å². The molecule has 1 aromatic heterocycles. The number of hydrogen-bond donors (Lipinski definition) is 1. The fourth-order valence-corrected chi connectivity index (χ4v) is 2.25. The van der Waals surface area contributed by atoms with E-state index in [4.69, 9.17) is 21.9 Å². The second kappa shape index (κ2) is 5.03. The maximum absolute atomic E-state index is 5.90.